The van der Waals surface area contributed by atoms with E-state index in [2.05, 4.69) is 4.98 Å². The van der Waals surface area contributed by atoms with Gasteiger partial charge in [0, 0.05) is 17.5 Å². The van der Waals surface area contributed by atoms with Crippen LogP contribution in [0.25, 0.3) is 38.8 Å². The number of aromatic nitrogens is 3. The predicted molar refractivity (Wildman–Crippen MR) is 114 cm³/mol. The van der Waals surface area contributed by atoms with Crippen LogP contribution in [0.1, 0.15) is 0 Å². The molecule has 0 unspecified atom stereocenters. The van der Waals surface area contributed by atoms with Crippen LogP contribution in [-0.2, 0) is 7.05 Å². The molecule has 0 aliphatic heterocycles. The van der Waals surface area contributed by atoms with E-state index in [0.717, 1.165) is 33.1 Å². The van der Waals surface area contributed by atoms with Crippen LogP contribution in [0.2, 0.25) is 5.02 Å². The number of benzene rings is 3. The summed E-state index contributed by atoms with van der Waals surface area (Å²) >= 11 is 6.02. The van der Waals surface area contributed by atoms with E-state index >= 15 is 0 Å². The number of aryl methyl sites for hydroxylation is 1. The first kappa shape index (κ1) is 17.6. The van der Waals surface area contributed by atoms with E-state index in [1.807, 2.05) is 42.5 Å². The molecule has 0 amide bonds. The number of fused-ring (bicyclic) bond motifs is 3. The number of para-hydroxylation sites is 1. The van der Waals surface area contributed by atoms with E-state index < -0.39 is 0 Å². The van der Waals surface area contributed by atoms with Gasteiger partial charge in [-0.1, -0.05) is 41.9 Å². The Kier molecular flexibility index (Phi) is 4.00. The first-order chi connectivity index (χ1) is 14.0. The quantitative estimate of drug-likeness (QED) is 0.419. The molecule has 6 heteroatoms. The molecule has 2 aromatic heterocycles. The highest BCUT2D eigenvalue weighted by atomic mass is 35.5. The van der Waals surface area contributed by atoms with Gasteiger partial charge in [-0.2, -0.15) is 0 Å². The highest BCUT2D eigenvalue weighted by Gasteiger charge is 2.17. The second kappa shape index (κ2) is 6.57. The van der Waals surface area contributed by atoms with Gasteiger partial charge in [-0.3, -0.25) is 15.0 Å². The first-order valence-corrected chi connectivity index (χ1v) is 9.48. The standard InChI is InChI=1S/C23H16ClFN4/c1-28-21-13-27-19-11-8-15(14-6-9-16(24)10-7-14)12-17(19)22(21)29(23(28)26)20-5-3-2-4-18(20)25/h2-13,26H,1H3. The summed E-state index contributed by atoms with van der Waals surface area (Å²) in [6.07, 6.45) is 1.73. The lowest BCUT2D eigenvalue weighted by molar-refractivity contribution is 0.614. The van der Waals surface area contributed by atoms with Gasteiger partial charge in [0.15, 0.2) is 0 Å². The van der Waals surface area contributed by atoms with E-state index in [1.165, 1.54) is 6.07 Å². The van der Waals surface area contributed by atoms with Crippen LogP contribution in [0.3, 0.4) is 0 Å². The average Bonchev–Trinajstić information content (AvgIpc) is 2.99. The molecule has 5 aromatic rings. The predicted octanol–water partition coefficient (Wildman–Crippen LogP) is 5.46. The minimum Gasteiger partial charge on any atom is -0.312 e. The average molecular weight is 403 g/mol. The van der Waals surface area contributed by atoms with E-state index in [1.54, 1.807) is 40.6 Å². The summed E-state index contributed by atoms with van der Waals surface area (Å²) in [7, 11) is 1.79. The van der Waals surface area contributed by atoms with E-state index in [0.29, 0.717) is 10.7 Å². The smallest absolute Gasteiger partial charge is 0.207 e. The molecule has 0 saturated carbocycles. The zero-order chi connectivity index (χ0) is 20.1. The Morgan fingerprint density at radius 2 is 1.69 bits per heavy atom. The Balaban J connectivity index is 1.89. The summed E-state index contributed by atoms with van der Waals surface area (Å²) in [6.45, 7) is 0. The van der Waals surface area contributed by atoms with Crippen molar-refractivity contribution in [2.45, 2.75) is 0 Å². The Morgan fingerprint density at radius 1 is 0.966 bits per heavy atom. The maximum atomic E-state index is 14.6. The number of hydrogen-bond acceptors (Lipinski definition) is 2. The molecule has 0 bridgehead atoms. The zero-order valence-corrected chi connectivity index (χ0v) is 16.3. The Morgan fingerprint density at radius 3 is 2.45 bits per heavy atom. The van der Waals surface area contributed by atoms with Crippen molar-refractivity contribution in [3.8, 4) is 16.8 Å². The van der Waals surface area contributed by atoms with Crippen LogP contribution >= 0.6 is 11.6 Å². The van der Waals surface area contributed by atoms with Crippen molar-refractivity contribution < 1.29 is 4.39 Å². The monoisotopic (exact) mass is 402 g/mol. The molecule has 142 valence electrons. The summed E-state index contributed by atoms with van der Waals surface area (Å²) in [5.74, 6) is -0.377. The molecule has 0 fully saturated rings. The summed E-state index contributed by atoms with van der Waals surface area (Å²) in [6, 6.07) is 20.1. The summed E-state index contributed by atoms with van der Waals surface area (Å²) in [5, 5.41) is 10.1. The van der Waals surface area contributed by atoms with Gasteiger partial charge in [-0.25, -0.2) is 4.39 Å². The number of pyridine rings is 1. The van der Waals surface area contributed by atoms with Crippen LogP contribution in [-0.4, -0.2) is 14.1 Å². The van der Waals surface area contributed by atoms with Crippen molar-refractivity contribution in [3.05, 3.63) is 89.4 Å². The van der Waals surface area contributed by atoms with Gasteiger partial charge in [0.05, 0.1) is 28.4 Å². The van der Waals surface area contributed by atoms with Crippen molar-refractivity contribution >= 4 is 33.5 Å². The number of halogens is 2. The van der Waals surface area contributed by atoms with E-state index in [-0.39, 0.29) is 11.4 Å². The molecule has 0 aliphatic rings. The Bertz CT molecular complexity index is 1450. The summed E-state index contributed by atoms with van der Waals surface area (Å²) < 4.78 is 18.0. The molecule has 0 aliphatic carbocycles. The SMILES string of the molecule is Cn1c(=N)n(-c2ccccc2F)c2c3cc(-c4ccc(Cl)cc4)ccc3ncc21. The van der Waals surface area contributed by atoms with Crippen LogP contribution in [0, 0.1) is 11.2 Å². The zero-order valence-electron chi connectivity index (χ0n) is 15.5. The second-order valence-corrected chi connectivity index (χ2v) is 7.34. The molecule has 5 rings (SSSR count). The third kappa shape index (κ3) is 2.74. The summed E-state index contributed by atoms with van der Waals surface area (Å²) in [4.78, 5) is 4.56. The fourth-order valence-corrected chi connectivity index (χ4v) is 3.83. The maximum absolute atomic E-state index is 14.6. The van der Waals surface area contributed by atoms with Gasteiger partial charge < -0.3 is 4.57 Å². The van der Waals surface area contributed by atoms with Gasteiger partial charge in [-0.05, 0) is 47.5 Å². The van der Waals surface area contributed by atoms with Crippen LogP contribution in [0.15, 0.2) is 72.9 Å². The van der Waals surface area contributed by atoms with Crippen LogP contribution in [0.4, 0.5) is 4.39 Å². The number of rotatable bonds is 2. The summed E-state index contributed by atoms with van der Waals surface area (Å²) in [5.41, 5.74) is 4.84. The number of nitrogens with one attached hydrogen (secondary N) is 1. The first-order valence-electron chi connectivity index (χ1n) is 9.10. The van der Waals surface area contributed by atoms with Crippen LogP contribution < -0.4 is 5.62 Å². The van der Waals surface area contributed by atoms with Crippen molar-refractivity contribution in [2.24, 2.45) is 7.05 Å². The number of nitrogens with zero attached hydrogens (tertiary/aromatic N) is 3. The molecule has 3 aromatic carbocycles. The third-order valence-electron chi connectivity index (χ3n) is 5.21. The minimum absolute atomic E-state index is 0.177. The number of hydrogen-bond donors (Lipinski definition) is 1. The highest BCUT2D eigenvalue weighted by Crippen LogP contribution is 2.30. The molecule has 0 atom stereocenters. The van der Waals surface area contributed by atoms with E-state index in [9.17, 15) is 4.39 Å². The normalized spacial score (nSPS) is 11.4. The fourth-order valence-electron chi connectivity index (χ4n) is 3.71. The van der Waals surface area contributed by atoms with Crippen molar-refractivity contribution in [1.29, 1.82) is 5.41 Å². The van der Waals surface area contributed by atoms with Gasteiger partial charge in [-0.15, -0.1) is 0 Å². The fraction of sp³-hybridized carbons (Fsp3) is 0.0435. The van der Waals surface area contributed by atoms with Crippen molar-refractivity contribution in [2.75, 3.05) is 0 Å². The Labute approximate surface area is 170 Å². The maximum Gasteiger partial charge on any atom is 0.207 e. The lowest BCUT2D eigenvalue weighted by Crippen LogP contribution is -2.21. The molecule has 4 nitrogen and oxygen atoms in total. The van der Waals surface area contributed by atoms with Crippen molar-refractivity contribution in [3.63, 3.8) is 0 Å². The van der Waals surface area contributed by atoms with Gasteiger partial charge in [0.2, 0.25) is 5.62 Å². The Hall–Kier alpha value is -3.44. The third-order valence-corrected chi connectivity index (χ3v) is 5.46. The minimum atomic E-state index is -0.377. The topological polar surface area (TPSA) is 46.6 Å². The highest BCUT2D eigenvalue weighted by molar-refractivity contribution is 6.30. The molecule has 0 spiro atoms. The molecule has 2 heterocycles. The van der Waals surface area contributed by atoms with Gasteiger partial charge >= 0.3 is 0 Å². The van der Waals surface area contributed by atoms with E-state index in [4.69, 9.17) is 17.0 Å². The lowest BCUT2D eigenvalue weighted by Gasteiger charge is -2.09. The van der Waals surface area contributed by atoms with Gasteiger partial charge in [0.25, 0.3) is 0 Å². The van der Waals surface area contributed by atoms with Crippen LogP contribution in [0.5, 0.6) is 0 Å². The molecule has 29 heavy (non-hydrogen) atoms. The van der Waals surface area contributed by atoms with Crippen molar-refractivity contribution in [1.82, 2.24) is 14.1 Å². The lowest BCUT2D eigenvalue weighted by atomic mass is 10.0. The molecular weight excluding hydrogens is 387 g/mol. The molecule has 0 saturated heterocycles. The molecular formula is C23H16ClFN4. The number of imidazole rings is 1. The second-order valence-electron chi connectivity index (χ2n) is 6.90. The largest absolute Gasteiger partial charge is 0.312 e. The van der Waals surface area contributed by atoms with Gasteiger partial charge in [0.1, 0.15) is 5.82 Å². The molecule has 1 N–H and O–H groups in total. The molecule has 0 radical (unpaired) electrons.